The summed E-state index contributed by atoms with van der Waals surface area (Å²) in [6.07, 6.45) is 0. The van der Waals surface area contributed by atoms with E-state index in [1.165, 1.54) is 0 Å². The molecule has 4 rings (SSSR count). The van der Waals surface area contributed by atoms with E-state index in [-0.39, 0.29) is 5.78 Å². The van der Waals surface area contributed by atoms with Gasteiger partial charge in [0, 0.05) is 11.1 Å². The monoisotopic (exact) mass is 442 g/mol. The van der Waals surface area contributed by atoms with E-state index in [9.17, 15) is 4.79 Å². The average Bonchev–Trinajstić information content (AvgIpc) is 3.17. The molecule has 3 aromatic carbocycles. The molecular weight excluding hydrogens is 416 g/mol. The lowest BCUT2D eigenvalue weighted by atomic mass is 9.98. The van der Waals surface area contributed by atoms with Crippen LogP contribution >= 0.6 is 0 Å². The molecule has 0 saturated heterocycles. The number of hydrazone groups is 1. The number of nitrogens with one attached hydrogen (secondary N) is 1. The summed E-state index contributed by atoms with van der Waals surface area (Å²) < 4.78 is 7.74. The van der Waals surface area contributed by atoms with Crippen molar-refractivity contribution < 1.29 is 9.53 Å². The van der Waals surface area contributed by atoms with Crippen LogP contribution in [0.2, 0.25) is 0 Å². The van der Waals surface area contributed by atoms with Gasteiger partial charge in [-0.05, 0) is 42.7 Å². The molecule has 33 heavy (non-hydrogen) atoms. The SMILES string of the molecule is CCOc1nc2cccc(C(C)=O)c2n1Cc1ccc(-c2ccccc2/C(N)=N/NN)cc1. The van der Waals surface area contributed by atoms with Crippen LogP contribution in [0.5, 0.6) is 6.01 Å². The first kappa shape index (κ1) is 22.0. The molecule has 0 saturated carbocycles. The van der Waals surface area contributed by atoms with Crippen LogP contribution in [0.1, 0.15) is 35.3 Å². The summed E-state index contributed by atoms with van der Waals surface area (Å²) in [7, 11) is 0. The molecule has 0 fully saturated rings. The van der Waals surface area contributed by atoms with Crippen molar-refractivity contribution in [3.63, 3.8) is 0 Å². The number of nitrogens with two attached hydrogens (primary N) is 2. The minimum atomic E-state index is -0.0111. The normalized spacial score (nSPS) is 11.5. The number of imidazole rings is 1. The molecule has 168 valence electrons. The first-order chi connectivity index (χ1) is 16.0. The largest absolute Gasteiger partial charge is 0.465 e. The molecule has 8 nitrogen and oxygen atoms in total. The van der Waals surface area contributed by atoms with E-state index < -0.39 is 0 Å². The highest BCUT2D eigenvalue weighted by molar-refractivity contribution is 6.05. The number of Topliss-reactive ketones (excluding diaryl/α,β-unsaturated/α-hetero) is 1. The van der Waals surface area contributed by atoms with Crippen molar-refractivity contribution >= 4 is 22.7 Å². The fraction of sp³-hybridized carbons (Fsp3) is 0.160. The predicted octanol–water partition coefficient (Wildman–Crippen LogP) is 3.44. The lowest BCUT2D eigenvalue weighted by molar-refractivity contribution is 0.101. The van der Waals surface area contributed by atoms with E-state index in [1.807, 2.05) is 78.2 Å². The van der Waals surface area contributed by atoms with Crippen molar-refractivity contribution in [2.24, 2.45) is 16.7 Å². The van der Waals surface area contributed by atoms with Crippen LogP contribution < -0.4 is 21.8 Å². The van der Waals surface area contributed by atoms with Crippen LogP contribution in [0.4, 0.5) is 0 Å². The van der Waals surface area contributed by atoms with Gasteiger partial charge >= 0.3 is 0 Å². The third-order valence-corrected chi connectivity index (χ3v) is 5.38. The maximum absolute atomic E-state index is 12.3. The number of para-hydroxylation sites is 1. The number of benzene rings is 3. The van der Waals surface area contributed by atoms with Gasteiger partial charge in [0.1, 0.15) is 0 Å². The molecule has 0 amide bonds. The molecule has 1 heterocycles. The molecule has 0 radical (unpaired) electrons. The molecule has 0 unspecified atom stereocenters. The number of aromatic nitrogens is 2. The number of hydrogen-bond donors (Lipinski definition) is 3. The molecule has 0 aliphatic rings. The van der Waals surface area contributed by atoms with Crippen LogP contribution in [0, 0.1) is 0 Å². The fourth-order valence-corrected chi connectivity index (χ4v) is 3.89. The smallest absolute Gasteiger partial charge is 0.297 e. The highest BCUT2D eigenvalue weighted by atomic mass is 16.5. The zero-order valence-corrected chi connectivity index (χ0v) is 18.6. The number of carbonyl (C=O) groups excluding carboxylic acids is 1. The predicted molar refractivity (Wildman–Crippen MR) is 130 cm³/mol. The van der Waals surface area contributed by atoms with Gasteiger partial charge in [-0.1, -0.05) is 54.6 Å². The van der Waals surface area contributed by atoms with Gasteiger partial charge in [-0.25, -0.2) is 11.4 Å². The molecule has 0 aliphatic carbocycles. The van der Waals surface area contributed by atoms with Gasteiger partial charge in [-0.3, -0.25) is 9.36 Å². The first-order valence-electron chi connectivity index (χ1n) is 10.6. The van der Waals surface area contributed by atoms with Gasteiger partial charge in [-0.2, -0.15) is 4.98 Å². The van der Waals surface area contributed by atoms with E-state index in [1.54, 1.807) is 6.92 Å². The molecule has 1 aromatic heterocycles. The van der Waals surface area contributed by atoms with E-state index in [4.69, 9.17) is 16.3 Å². The minimum Gasteiger partial charge on any atom is -0.465 e. The Labute approximate surface area is 191 Å². The standard InChI is InChI=1S/C25H26N6O2/c1-3-33-25-28-22-10-6-9-19(16(2)32)23(22)31(25)15-17-11-13-18(14-12-17)20-7-4-5-8-21(20)24(26)29-30-27/h4-14,30H,3,15,27H2,1-2H3,(H2,26,29). The number of hydrogen-bond acceptors (Lipinski definition) is 6. The molecule has 5 N–H and O–H groups in total. The second kappa shape index (κ2) is 9.54. The number of carbonyl (C=O) groups is 1. The van der Waals surface area contributed by atoms with Crippen molar-refractivity contribution in [3.05, 3.63) is 83.4 Å². The number of hydrazine groups is 1. The second-order valence-corrected chi connectivity index (χ2v) is 7.51. The van der Waals surface area contributed by atoms with Crippen LogP contribution in [0.25, 0.3) is 22.2 Å². The Morgan fingerprint density at radius 1 is 1.06 bits per heavy atom. The van der Waals surface area contributed by atoms with Crippen molar-refractivity contribution in [1.29, 1.82) is 0 Å². The molecule has 0 aliphatic heterocycles. The summed E-state index contributed by atoms with van der Waals surface area (Å²) in [5, 5.41) is 3.90. The number of nitrogens with zero attached hydrogens (tertiary/aromatic N) is 3. The van der Waals surface area contributed by atoms with E-state index in [0.717, 1.165) is 33.3 Å². The quantitative estimate of drug-likeness (QED) is 0.126. The Kier molecular flexibility index (Phi) is 6.37. The zero-order valence-electron chi connectivity index (χ0n) is 18.6. The Balaban J connectivity index is 1.72. The first-order valence-corrected chi connectivity index (χ1v) is 10.6. The fourth-order valence-electron chi connectivity index (χ4n) is 3.89. The highest BCUT2D eigenvalue weighted by Gasteiger charge is 2.17. The van der Waals surface area contributed by atoms with Crippen molar-refractivity contribution in [2.45, 2.75) is 20.4 Å². The van der Waals surface area contributed by atoms with Crippen LogP contribution in [-0.2, 0) is 6.54 Å². The summed E-state index contributed by atoms with van der Waals surface area (Å²) >= 11 is 0. The summed E-state index contributed by atoms with van der Waals surface area (Å²) in [6, 6.07) is 21.9. The summed E-state index contributed by atoms with van der Waals surface area (Å²) in [4.78, 5) is 16.9. The van der Waals surface area contributed by atoms with Crippen molar-refractivity contribution in [1.82, 2.24) is 15.1 Å². The lowest BCUT2D eigenvalue weighted by Gasteiger charge is -2.12. The molecule has 8 heteroatoms. The second-order valence-electron chi connectivity index (χ2n) is 7.51. The van der Waals surface area contributed by atoms with E-state index in [0.29, 0.717) is 30.6 Å². The van der Waals surface area contributed by atoms with Gasteiger partial charge in [-0.15, -0.1) is 5.10 Å². The van der Waals surface area contributed by atoms with Gasteiger partial charge in [0.2, 0.25) is 0 Å². The Morgan fingerprint density at radius 3 is 2.48 bits per heavy atom. The Bertz CT molecular complexity index is 1320. The molecule has 0 bridgehead atoms. The third kappa shape index (κ3) is 4.42. The van der Waals surface area contributed by atoms with Crippen LogP contribution in [0.15, 0.2) is 71.8 Å². The van der Waals surface area contributed by atoms with Crippen LogP contribution in [0.3, 0.4) is 0 Å². The van der Waals surface area contributed by atoms with Gasteiger partial charge in [0.05, 0.1) is 24.2 Å². The summed E-state index contributed by atoms with van der Waals surface area (Å²) in [6.45, 7) is 4.47. The minimum absolute atomic E-state index is 0.0111. The molecular formula is C25H26N6O2. The van der Waals surface area contributed by atoms with Gasteiger partial charge in [0.15, 0.2) is 11.6 Å². The number of amidine groups is 1. The van der Waals surface area contributed by atoms with Gasteiger partial charge in [0.25, 0.3) is 6.01 Å². The average molecular weight is 443 g/mol. The maximum atomic E-state index is 12.3. The van der Waals surface area contributed by atoms with E-state index in [2.05, 4.69) is 15.6 Å². The molecule has 4 aromatic rings. The number of ether oxygens (including phenoxy) is 1. The summed E-state index contributed by atoms with van der Waals surface area (Å²) in [5.74, 6) is 5.58. The van der Waals surface area contributed by atoms with Gasteiger partial charge < -0.3 is 10.5 Å². The molecule has 0 atom stereocenters. The molecule has 0 spiro atoms. The maximum Gasteiger partial charge on any atom is 0.297 e. The zero-order chi connectivity index (χ0) is 23.4. The topological polar surface area (TPSA) is 121 Å². The van der Waals surface area contributed by atoms with Crippen molar-refractivity contribution in [2.75, 3.05) is 6.61 Å². The number of fused-ring (bicyclic) bond motifs is 1. The van der Waals surface area contributed by atoms with Crippen LogP contribution in [-0.4, -0.2) is 27.8 Å². The lowest BCUT2D eigenvalue weighted by Crippen LogP contribution is -2.23. The Morgan fingerprint density at radius 2 is 1.79 bits per heavy atom. The Hall–Kier alpha value is -4.17. The van der Waals surface area contributed by atoms with Crippen molar-refractivity contribution in [3.8, 4) is 17.1 Å². The summed E-state index contributed by atoms with van der Waals surface area (Å²) in [5.41, 5.74) is 14.2. The third-order valence-electron chi connectivity index (χ3n) is 5.38. The number of ketones is 1. The number of rotatable bonds is 8. The van der Waals surface area contributed by atoms with E-state index >= 15 is 0 Å². The highest BCUT2D eigenvalue weighted by Crippen LogP contribution is 2.28.